The van der Waals surface area contributed by atoms with Crippen molar-refractivity contribution >= 4 is 23.1 Å². The van der Waals surface area contributed by atoms with Crippen LogP contribution in [0.3, 0.4) is 0 Å². The van der Waals surface area contributed by atoms with Crippen LogP contribution in [0, 0.1) is 12.8 Å². The molecule has 0 bridgehead atoms. The summed E-state index contributed by atoms with van der Waals surface area (Å²) < 4.78 is 0. The smallest absolute Gasteiger partial charge is 0.224 e. The van der Waals surface area contributed by atoms with Gasteiger partial charge < -0.3 is 10.6 Å². The Balaban J connectivity index is 1.66. The molecular formula is C19H23N5S. The zero-order valence-corrected chi connectivity index (χ0v) is 15.6. The second kappa shape index (κ2) is 8.07. The zero-order chi connectivity index (χ0) is 17.6. The third-order valence-electron chi connectivity index (χ3n) is 3.67. The van der Waals surface area contributed by atoms with Gasteiger partial charge in [0.25, 0.3) is 0 Å². The number of thiazole rings is 1. The fraction of sp³-hybridized carbons (Fsp3) is 0.316. The summed E-state index contributed by atoms with van der Waals surface area (Å²) in [7, 11) is 0. The van der Waals surface area contributed by atoms with E-state index in [9.17, 15) is 0 Å². The fourth-order valence-electron chi connectivity index (χ4n) is 2.30. The lowest BCUT2D eigenvalue weighted by atomic mass is 10.2. The molecule has 3 aromatic rings. The molecule has 0 aliphatic rings. The maximum absolute atomic E-state index is 4.69. The first-order valence-corrected chi connectivity index (χ1v) is 9.26. The Morgan fingerprint density at radius 2 is 1.84 bits per heavy atom. The van der Waals surface area contributed by atoms with E-state index >= 15 is 0 Å². The number of anilines is 2. The van der Waals surface area contributed by atoms with Crippen LogP contribution in [0.4, 0.5) is 11.8 Å². The van der Waals surface area contributed by atoms with Gasteiger partial charge in [0, 0.05) is 23.2 Å². The molecular weight excluding hydrogens is 330 g/mol. The number of rotatable bonds is 7. The van der Waals surface area contributed by atoms with Crippen LogP contribution in [0.2, 0.25) is 0 Å². The molecule has 0 radical (unpaired) electrons. The van der Waals surface area contributed by atoms with E-state index in [1.165, 1.54) is 4.88 Å². The average molecular weight is 353 g/mol. The Morgan fingerprint density at radius 3 is 2.60 bits per heavy atom. The third-order valence-corrected chi connectivity index (χ3v) is 4.87. The summed E-state index contributed by atoms with van der Waals surface area (Å²) in [5.41, 5.74) is 2.22. The molecule has 0 aliphatic heterocycles. The largest absolute Gasteiger partial charge is 0.365 e. The number of aryl methyl sites for hydroxylation is 1. The first kappa shape index (κ1) is 17.4. The maximum Gasteiger partial charge on any atom is 0.224 e. The number of benzene rings is 1. The van der Waals surface area contributed by atoms with Crippen molar-refractivity contribution in [1.82, 2.24) is 15.0 Å². The van der Waals surface area contributed by atoms with Crippen LogP contribution >= 0.6 is 11.3 Å². The maximum atomic E-state index is 4.69. The third kappa shape index (κ3) is 4.76. The number of nitrogens with zero attached hydrogens (tertiary/aromatic N) is 3. The monoisotopic (exact) mass is 353 g/mol. The van der Waals surface area contributed by atoms with Gasteiger partial charge in [-0.2, -0.15) is 4.98 Å². The number of nitrogens with one attached hydrogen (secondary N) is 2. The Labute approximate surface area is 152 Å². The van der Waals surface area contributed by atoms with Crippen LogP contribution < -0.4 is 10.6 Å². The van der Waals surface area contributed by atoms with Gasteiger partial charge in [0.15, 0.2) is 0 Å². The molecule has 0 atom stereocenters. The van der Waals surface area contributed by atoms with E-state index < -0.39 is 0 Å². The highest BCUT2D eigenvalue weighted by Crippen LogP contribution is 2.28. The fourth-order valence-corrected chi connectivity index (χ4v) is 3.31. The summed E-state index contributed by atoms with van der Waals surface area (Å²) in [5.74, 6) is 2.02. The Morgan fingerprint density at radius 1 is 1.04 bits per heavy atom. The molecule has 1 aromatic carbocycles. The van der Waals surface area contributed by atoms with E-state index in [0.717, 1.165) is 28.6 Å². The summed E-state index contributed by atoms with van der Waals surface area (Å²) in [5, 5.41) is 7.67. The van der Waals surface area contributed by atoms with Crippen molar-refractivity contribution < 1.29 is 0 Å². The first-order chi connectivity index (χ1) is 12.1. The van der Waals surface area contributed by atoms with Crippen LogP contribution in [-0.2, 0) is 6.54 Å². The SMILES string of the molecule is Cc1nc(-c2ccccc2)sc1CNc1ccnc(NCC(C)C)n1. The molecule has 25 heavy (non-hydrogen) atoms. The van der Waals surface area contributed by atoms with Crippen molar-refractivity contribution in [3.63, 3.8) is 0 Å². The van der Waals surface area contributed by atoms with E-state index in [1.807, 2.05) is 24.3 Å². The molecule has 2 N–H and O–H groups in total. The standard InChI is InChI=1S/C19H23N5S/c1-13(2)11-22-19-20-10-9-17(24-19)21-12-16-14(3)23-18(25-16)15-7-5-4-6-8-15/h4-10,13H,11-12H2,1-3H3,(H2,20,21,22,24). The van der Waals surface area contributed by atoms with Crippen molar-refractivity contribution in [3.05, 3.63) is 53.2 Å². The first-order valence-electron chi connectivity index (χ1n) is 8.44. The Bertz CT molecular complexity index is 814. The molecule has 0 amide bonds. The highest BCUT2D eigenvalue weighted by molar-refractivity contribution is 7.15. The second-order valence-corrected chi connectivity index (χ2v) is 7.37. The molecule has 0 fully saturated rings. The van der Waals surface area contributed by atoms with Gasteiger partial charge >= 0.3 is 0 Å². The van der Waals surface area contributed by atoms with Crippen LogP contribution in [0.25, 0.3) is 10.6 Å². The number of aromatic nitrogens is 3. The summed E-state index contributed by atoms with van der Waals surface area (Å²) in [6, 6.07) is 12.2. The quantitative estimate of drug-likeness (QED) is 0.650. The van der Waals surface area contributed by atoms with Gasteiger partial charge in [-0.05, 0) is 18.9 Å². The van der Waals surface area contributed by atoms with Gasteiger partial charge in [-0.25, -0.2) is 9.97 Å². The lowest BCUT2D eigenvalue weighted by molar-refractivity contribution is 0.684. The van der Waals surface area contributed by atoms with E-state index in [2.05, 4.69) is 53.5 Å². The second-order valence-electron chi connectivity index (χ2n) is 6.29. The lowest BCUT2D eigenvalue weighted by Crippen LogP contribution is -2.11. The molecule has 3 rings (SSSR count). The van der Waals surface area contributed by atoms with Gasteiger partial charge in [-0.1, -0.05) is 44.2 Å². The molecule has 0 saturated heterocycles. The summed E-state index contributed by atoms with van der Waals surface area (Å²) in [6.45, 7) is 7.93. The van der Waals surface area contributed by atoms with E-state index in [0.29, 0.717) is 18.4 Å². The van der Waals surface area contributed by atoms with Crippen LogP contribution in [-0.4, -0.2) is 21.5 Å². The highest BCUT2D eigenvalue weighted by Gasteiger charge is 2.09. The van der Waals surface area contributed by atoms with Crippen LogP contribution in [0.1, 0.15) is 24.4 Å². The van der Waals surface area contributed by atoms with Crippen LogP contribution in [0.15, 0.2) is 42.6 Å². The molecule has 0 saturated carbocycles. The van der Waals surface area contributed by atoms with E-state index in [4.69, 9.17) is 4.98 Å². The minimum atomic E-state index is 0.552. The van der Waals surface area contributed by atoms with E-state index in [1.54, 1.807) is 17.5 Å². The van der Waals surface area contributed by atoms with Crippen molar-refractivity contribution in [1.29, 1.82) is 0 Å². The molecule has 0 spiro atoms. The van der Waals surface area contributed by atoms with Crippen molar-refractivity contribution in [3.8, 4) is 10.6 Å². The number of hydrogen-bond donors (Lipinski definition) is 2. The molecule has 0 unspecified atom stereocenters. The molecule has 2 heterocycles. The molecule has 5 nitrogen and oxygen atoms in total. The predicted molar refractivity (Wildman–Crippen MR) is 105 cm³/mol. The summed E-state index contributed by atoms with van der Waals surface area (Å²) in [4.78, 5) is 14.7. The Kier molecular flexibility index (Phi) is 5.60. The van der Waals surface area contributed by atoms with E-state index in [-0.39, 0.29) is 0 Å². The predicted octanol–water partition coefficient (Wildman–Crippen LogP) is 4.59. The minimum Gasteiger partial charge on any atom is -0.365 e. The summed E-state index contributed by atoms with van der Waals surface area (Å²) >= 11 is 1.72. The van der Waals surface area contributed by atoms with Gasteiger partial charge in [0.1, 0.15) is 10.8 Å². The van der Waals surface area contributed by atoms with Gasteiger partial charge in [-0.15, -0.1) is 11.3 Å². The van der Waals surface area contributed by atoms with Crippen molar-refractivity contribution in [2.24, 2.45) is 5.92 Å². The topological polar surface area (TPSA) is 62.7 Å². The lowest BCUT2D eigenvalue weighted by Gasteiger charge is -2.09. The van der Waals surface area contributed by atoms with Crippen molar-refractivity contribution in [2.75, 3.05) is 17.2 Å². The minimum absolute atomic E-state index is 0.552. The van der Waals surface area contributed by atoms with Crippen LogP contribution in [0.5, 0.6) is 0 Å². The summed E-state index contributed by atoms with van der Waals surface area (Å²) in [6.07, 6.45) is 1.77. The van der Waals surface area contributed by atoms with Gasteiger partial charge in [-0.3, -0.25) is 0 Å². The number of hydrogen-bond acceptors (Lipinski definition) is 6. The van der Waals surface area contributed by atoms with Gasteiger partial charge in [0.2, 0.25) is 5.95 Å². The molecule has 130 valence electrons. The normalized spacial score (nSPS) is 10.9. The zero-order valence-electron chi connectivity index (χ0n) is 14.8. The Hall–Kier alpha value is -2.47. The van der Waals surface area contributed by atoms with Crippen molar-refractivity contribution in [2.45, 2.75) is 27.3 Å². The molecule has 0 aliphatic carbocycles. The molecule has 2 aromatic heterocycles. The average Bonchev–Trinajstić information content (AvgIpc) is 3.00. The van der Waals surface area contributed by atoms with Gasteiger partial charge in [0.05, 0.1) is 12.2 Å². The highest BCUT2D eigenvalue weighted by atomic mass is 32.1. The molecule has 6 heteroatoms.